The monoisotopic (exact) mass is 392 g/mol. The number of carbonyl (C=O) groups is 4. The molecule has 1 fully saturated rings. The number of hydrogen-bond acceptors (Lipinski definition) is 11. The minimum atomic E-state index is -2.44. The van der Waals surface area contributed by atoms with E-state index in [2.05, 4.69) is 14.8 Å². The molecular weight excluding hydrogens is 368 g/mol. The minimum absolute atomic E-state index is 0.219. The highest BCUT2D eigenvalue weighted by atomic mass is 17.5. The van der Waals surface area contributed by atoms with Gasteiger partial charge in [0, 0.05) is 17.9 Å². The number of rotatable bonds is 4. The highest BCUT2D eigenvalue weighted by molar-refractivity contribution is 5.88. The molecule has 1 rings (SSSR count). The predicted molar refractivity (Wildman–Crippen MR) is 85.3 cm³/mol. The van der Waals surface area contributed by atoms with Crippen molar-refractivity contribution in [3.63, 3.8) is 0 Å². The van der Waals surface area contributed by atoms with Crippen LogP contribution in [-0.2, 0) is 34.0 Å². The van der Waals surface area contributed by atoms with Gasteiger partial charge in [0.15, 0.2) is 0 Å². The molecule has 1 saturated heterocycles. The standard InChI is InChI=1S/C14H24N4O9/c15-7-9(19)17-13(23)5-3-1-2-4-6-14(24,18-10(20)8-16)12(22)26-27-25-11(13)21/h23-24H,1-8,15-16H2,(H,17,19)(H,18,20). The maximum atomic E-state index is 12.0. The van der Waals surface area contributed by atoms with E-state index in [-0.39, 0.29) is 25.7 Å². The van der Waals surface area contributed by atoms with Crippen LogP contribution in [0.25, 0.3) is 0 Å². The second kappa shape index (κ2) is 10.1. The fourth-order valence-corrected chi connectivity index (χ4v) is 2.33. The van der Waals surface area contributed by atoms with Crippen molar-refractivity contribution in [2.75, 3.05) is 13.1 Å². The number of nitrogens with one attached hydrogen (secondary N) is 2. The van der Waals surface area contributed by atoms with E-state index in [1.807, 2.05) is 10.6 Å². The number of amides is 2. The van der Waals surface area contributed by atoms with Gasteiger partial charge in [-0.1, -0.05) is 12.8 Å². The Bertz CT molecular complexity index is 525. The summed E-state index contributed by atoms with van der Waals surface area (Å²) in [6, 6.07) is 0. The zero-order valence-electron chi connectivity index (χ0n) is 14.6. The zero-order valence-corrected chi connectivity index (χ0v) is 14.6. The number of aliphatic hydroxyl groups is 2. The van der Waals surface area contributed by atoms with Gasteiger partial charge in [0.25, 0.3) is 0 Å². The van der Waals surface area contributed by atoms with Crippen molar-refractivity contribution in [1.29, 1.82) is 0 Å². The minimum Gasteiger partial charge on any atom is -0.362 e. The van der Waals surface area contributed by atoms with E-state index in [4.69, 9.17) is 11.5 Å². The van der Waals surface area contributed by atoms with Crippen LogP contribution in [0.4, 0.5) is 0 Å². The van der Waals surface area contributed by atoms with Crippen LogP contribution < -0.4 is 22.1 Å². The normalized spacial score (nSPS) is 27.9. The van der Waals surface area contributed by atoms with E-state index in [1.165, 1.54) is 0 Å². The van der Waals surface area contributed by atoms with Crippen LogP contribution in [0, 0.1) is 0 Å². The molecule has 0 saturated carbocycles. The largest absolute Gasteiger partial charge is 0.398 e. The summed E-state index contributed by atoms with van der Waals surface area (Å²) in [5.41, 5.74) is 5.39. The van der Waals surface area contributed by atoms with E-state index < -0.39 is 48.3 Å². The summed E-state index contributed by atoms with van der Waals surface area (Å²) in [6.07, 6.45) is 1.04. The van der Waals surface area contributed by atoms with Gasteiger partial charge in [0.1, 0.15) is 0 Å². The second-order valence-electron chi connectivity index (χ2n) is 5.95. The number of carbonyl (C=O) groups excluding carboxylic acids is 4. The zero-order chi connectivity index (χ0) is 20.5. The van der Waals surface area contributed by atoms with Gasteiger partial charge in [-0.15, -0.1) is 0 Å². The van der Waals surface area contributed by atoms with Gasteiger partial charge >= 0.3 is 11.9 Å². The number of hydrogen-bond donors (Lipinski definition) is 6. The van der Waals surface area contributed by atoms with Crippen molar-refractivity contribution in [2.24, 2.45) is 11.5 Å². The summed E-state index contributed by atoms with van der Waals surface area (Å²) in [5, 5.41) is 28.6. The van der Waals surface area contributed by atoms with Gasteiger partial charge in [0.05, 0.1) is 13.1 Å². The van der Waals surface area contributed by atoms with Gasteiger partial charge in [0.2, 0.25) is 23.3 Å². The maximum Gasteiger partial charge on any atom is 0.398 e. The Kier molecular flexibility index (Phi) is 8.52. The Morgan fingerprint density at radius 2 is 1.22 bits per heavy atom. The topological polar surface area (TPSA) is 213 Å². The first-order valence-corrected chi connectivity index (χ1v) is 8.24. The van der Waals surface area contributed by atoms with E-state index in [9.17, 15) is 29.4 Å². The Morgan fingerprint density at radius 1 is 0.852 bits per heavy atom. The molecule has 0 spiro atoms. The lowest BCUT2D eigenvalue weighted by atomic mass is 10.0. The SMILES string of the molecule is NCC(=O)NC1(O)CCCCCCC(O)(NC(=O)CN)C(=O)OOOC1=O. The number of nitrogens with two attached hydrogens (primary N) is 2. The van der Waals surface area contributed by atoms with Crippen molar-refractivity contribution in [3.8, 4) is 0 Å². The molecule has 8 N–H and O–H groups in total. The molecule has 1 aliphatic rings. The fraction of sp³-hybridized carbons (Fsp3) is 0.714. The molecule has 2 atom stereocenters. The van der Waals surface area contributed by atoms with Crippen LogP contribution in [0.15, 0.2) is 0 Å². The van der Waals surface area contributed by atoms with Gasteiger partial charge in [-0.2, -0.15) is 0 Å². The third-order valence-corrected chi connectivity index (χ3v) is 3.79. The molecular formula is C14H24N4O9. The average molecular weight is 392 g/mol. The Morgan fingerprint density at radius 3 is 1.56 bits per heavy atom. The Balaban J connectivity index is 2.89. The van der Waals surface area contributed by atoms with E-state index in [0.29, 0.717) is 12.8 Å². The molecule has 27 heavy (non-hydrogen) atoms. The Hall–Kier alpha value is -2.32. The average Bonchev–Trinajstić information content (AvgIpc) is 2.63. The molecule has 2 unspecified atom stereocenters. The van der Waals surface area contributed by atoms with Crippen LogP contribution in [0.5, 0.6) is 0 Å². The molecule has 13 heteroatoms. The molecule has 0 aromatic carbocycles. The lowest BCUT2D eigenvalue weighted by Gasteiger charge is -2.26. The molecule has 0 aromatic rings. The van der Waals surface area contributed by atoms with Crippen LogP contribution in [0.3, 0.4) is 0 Å². The van der Waals surface area contributed by atoms with Gasteiger partial charge in [-0.3, -0.25) is 19.4 Å². The predicted octanol–water partition coefficient (Wildman–Crippen LogP) is -3.20. The maximum absolute atomic E-state index is 12.0. The molecule has 2 amide bonds. The third kappa shape index (κ3) is 6.73. The van der Waals surface area contributed by atoms with Gasteiger partial charge < -0.3 is 32.3 Å². The molecule has 154 valence electrons. The van der Waals surface area contributed by atoms with Crippen molar-refractivity contribution in [1.82, 2.24) is 10.6 Å². The summed E-state index contributed by atoms with van der Waals surface area (Å²) in [6.45, 7) is -0.974. The van der Waals surface area contributed by atoms with Crippen LogP contribution in [-0.4, -0.2) is 58.5 Å². The second-order valence-corrected chi connectivity index (χ2v) is 5.95. The summed E-state index contributed by atoms with van der Waals surface area (Å²) in [4.78, 5) is 55.2. The summed E-state index contributed by atoms with van der Waals surface area (Å²) in [5.74, 6) is -4.58. The van der Waals surface area contributed by atoms with Gasteiger partial charge in [-0.05, 0) is 12.8 Å². The third-order valence-electron chi connectivity index (χ3n) is 3.79. The van der Waals surface area contributed by atoms with E-state index >= 15 is 0 Å². The smallest absolute Gasteiger partial charge is 0.362 e. The fourth-order valence-electron chi connectivity index (χ4n) is 2.33. The molecule has 13 nitrogen and oxygen atoms in total. The molecule has 1 aliphatic heterocycles. The lowest BCUT2D eigenvalue weighted by molar-refractivity contribution is -0.467. The van der Waals surface area contributed by atoms with E-state index in [1.54, 1.807) is 0 Å². The van der Waals surface area contributed by atoms with Crippen molar-refractivity contribution < 1.29 is 44.2 Å². The van der Waals surface area contributed by atoms with E-state index in [0.717, 1.165) is 0 Å². The first-order valence-electron chi connectivity index (χ1n) is 8.24. The highest BCUT2D eigenvalue weighted by Crippen LogP contribution is 2.20. The van der Waals surface area contributed by atoms with Crippen molar-refractivity contribution >= 4 is 23.8 Å². The molecule has 0 radical (unpaired) electrons. The van der Waals surface area contributed by atoms with Crippen LogP contribution in [0.2, 0.25) is 0 Å². The van der Waals surface area contributed by atoms with Gasteiger partial charge in [-0.25, -0.2) is 9.59 Å². The Labute approximate surface area is 154 Å². The molecule has 0 bridgehead atoms. The first kappa shape index (κ1) is 22.7. The van der Waals surface area contributed by atoms with Crippen molar-refractivity contribution in [3.05, 3.63) is 0 Å². The summed E-state index contributed by atoms with van der Waals surface area (Å²) in [7, 11) is 0. The van der Waals surface area contributed by atoms with Crippen molar-refractivity contribution in [2.45, 2.75) is 50.0 Å². The molecule has 0 aliphatic carbocycles. The summed E-state index contributed by atoms with van der Waals surface area (Å²) >= 11 is 0. The summed E-state index contributed by atoms with van der Waals surface area (Å²) < 4.78 is 0. The molecule has 0 aromatic heterocycles. The highest BCUT2D eigenvalue weighted by Gasteiger charge is 2.43. The first-order chi connectivity index (χ1) is 12.7. The van der Waals surface area contributed by atoms with Crippen LogP contribution in [0.1, 0.15) is 38.5 Å². The van der Waals surface area contributed by atoms with Crippen LogP contribution >= 0.6 is 0 Å². The molecule has 1 heterocycles. The lowest BCUT2D eigenvalue weighted by Crippen LogP contribution is -2.57. The quantitative estimate of drug-likeness (QED) is 0.207.